The van der Waals surface area contributed by atoms with Gasteiger partial charge < -0.3 is 9.80 Å². The third-order valence-electron chi connectivity index (χ3n) is 4.71. The molecular formula is C17H31N7O2. The van der Waals surface area contributed by atoms with Crippen LogP contribution in [0, 0.1) is 0 Å². The molecule has 2 unspecified atom stereocenters. The first kappa shape index (κ1) is 20.3. The number of nitrogens with one attached hydrogen (secondary N) is 2. The van der Waals surface area contributed by atoms with Gasteiger partial charge in [0.05, 0.1) is 6.20 Å². The zero-order chi connectivity index (χ0) is 19.1. The van der Waals surface area contributed by atoms with Crippen molar-refractivity contribution in [2.45, 2.75) is 58.7 Å². The van der Waals surface area contributed by atoms with Gasteiger partial charge in [0, 0.05) is 38.8 Å². The summed E-state index contributed by atoms with van der Waals surface area (Å²) >= 11 is 0. The summed E-state index contributed by atoms with van der Waals surface area (Å²) in [5.74, 6) is -0.220. The third-order valence-corrected chi connectivity index (χ3v) is 4.71. The van der Waals surface area contributed by atoms with Gasteiger partial charge in [0.1, 0.15) is 6.54 Å². The molecule has 1 aliphatic rings. The van der Waals surface area contributed by atoms with E-state index in [0.29, 0.717) is 25.7 Å². The highest BCUT2D eigenvalue weighted by atomic mass is 16.2. The minimum absolute atomic E-state index is 0.0320. The van der Waals surface area contributed by atoms with Crippen LogP contribution in [0.2, 0.25) is 0 Å². The van der Waals surface area contributed by atoms with Crippen molar-refractivity contribution in [2.24, 2.45) is 0 Å². The van der Waals surface area contributed by atoms with E-state index in [-0.39, 0.29) is 30.1 Å². The number of nitrogens with zero attached hydrogens (tertiary/aromatic N) is 5. The highest BCUT2D eigenvalue weighted by Crippen LogP contribution is 2.12. The van der Waals surface area contributed by atoms with Gasteiger partial charge >= 0.3 is 0 Å². The Hall–Kier alpha value is -2.00. The summed E-state index contributed by atoms with van der Waals surface area (Å²) in [5, 5.41) is 7.86. The lowest BCUT2D eigenvalue weighted by Crippen LogP contribution is -2.41. The molecule has 0 bridgehead atoms. The highest BCUT2D eigenvalue weighted by Gasteiger charge is 2.26. The van der Waals surface area contributed by atoms with Crippen LogP contribution in [-0.2, 0) is 11.3 Å². The molecular weight excluding hydrogens is 334 g/mol. The number of hydrogen-bond acceptors (Lipinski definition) is 6. The van der Waals surface area contributed by atoms with Crippen molar-refractivity contribution in [1.82, 2.24) is 35.6 Å². The Balaban J connectivity index is 1.87. The Morgan fingerprint density at radius 1 is 1.23 bits per heavy atom. The van der Waals surface area contributed by atoms with Gasteiger partial charge in [-0.1, -0.05) is 18.6 Å². The molecule has 2 heterocycles. The maximum Gasteiger partial charge on any atom is 0.275 e. The first-order valence-corrected chi connectivity index (χ1v) is 9.42. The molecule has 1 aromatic rings. The minimum Gasteiger partial charge on any atom is -0.342 e. The standard InChI is InChI=1S/C17H31N7O2/c1-5-8-13-9-14(19-18-13)10-22(4)17(26)15-11-24(21-20-15)12-16(25)23(6-2)7-3/h11,13-14,18-19H,5-10,12H2,1-4H3. The molecule has 2 atom stereocenters. The largest absolute Gasteiger partial charge is 0.342 e. The molecule has 1 fully saturated rings. The molecule has 0 aromatic carbocycles. The Morgan fingerprint density at radius 3 is 2.58 bits per heavy atom. The molecule has 9 nitrogen and oxygen atoms in total. The van der Waals surface area contributed by atoms with Crippen LogP contribution in [0.15, 0.2) is 6.20 Å². The third kappa shape index (κ3) is 5.25. The Kier molecular flexibility index (Phi) is 7.52. The second-order valence-electron chi connectivity index (χ2n) is 6.76. The number of carbonyl (C=O) groups excluding carboxylic acids is 2. The monoisotopic (exact) mass is 365 g/mol. The number of hydrazine groups is 1. The number of rotatable bonds is 9. The molecule has 0 spiro atoms. The molecule has 1 saturated heterocycles. The van der Waals surface area contributed by atoms with Crippen LogP contribution in [0.5, 0.6) is 0 Å². The number of aromatic nitrogens is 3. The van der Waals surface area contributed by atoms with E-state index in [1.54, 1.807) is 23.0 Å². The van der Waals surface area contributed by atoms with Crippen LogP contribution in [0.1, 0.15) is 50.5 Å². The van der Waals surface area contributed by atoms with E-state index in [9.17, 15) is 9.59 Å². The van der Waals surface area contributed by atoms with E-state index in [0.717, 1.165) is 19.3 Å². The molecule has 26 heavy (non-hydrogen) atoms. The van der Waals surface area contributed by atoms with Crippen molar-refractivity contribution in [3.63, 3.8) is 0 Å². The van der Waals surface area contributed by atoms with Crippen LogP contribution >= 0.6 is 0 Å². The number of hydrogen-bond donors (Lipinski definition) is 2. The van der Waals surface area contributed by atoms with Crippen molar-refractivity contribution >= 4 is 11.8 Å². The average Bonchev–Trinajstić information content (AvgIpc) is 3.25. The smallest absolute Gasteiger partial charge is 0.275 e. The average molecular weight is 365 g/mol. The maximum atomic E-state index is 12.6. The minimum atomic E-state index is -0.188. The van der Waals surface area contributed by atoms with Gasteiger partial charge in [-0.15, -0.1) is 5.10 Å². The fraction of sp³-hybridized carbons (Fsp3) is 0.765. The molecule has 2 N–H and O–H groups in total. The van der Waals surface area contributed by atoms with E-state index in [2.05, 4.69) is 28.1 Å². The van der Waals surface area contributed by atoms with Crippen molar-refractivity contribution in [2.75, 3.05) is 26.7 Å². The second-order valence-corrected chi connectivity index (χ2v) is 6.76. The zero-order valence-electron chi connectivity index (χ0n) is 16.2. The van der Waals surface area contributed by atoms with Crippen LogP contribution in [0.4, 0.5) is 0 Å². The van der Waals surface area contributed by atoms with Gasteiger partial charge in [-0.25, -0.2) is 4.68 Å². The Morgan fingerprint density at radius 2 is 1.92 bits per heavy atom. The Bertz CT molecular complexity index is 600. The van der Waals surface area contributed by atoms with E-state index in [1.165, 1.54) is 4.68 Å². The lowest BCUT2D eigenvalue weighted by atomic mass is 10.1. The van der Waals surface area contributed by atoms with Crippen LogP contribution in [-0.4, -0.2) is 75.4 Å². The number of likely N-dealkylation sites (N-methyl/N-ethyl adjacent to an activating group) is 2. The van der Waals surface area contributed by atoms with Crippen LogP contribution in [0.3, 0.4) is 0 Å². The molecule has 2 amide bonds. The zero-order valence-corrected chi connectivity index (χ0v) is 16.2. The maximum absolute atomic E-state index is 12.6. The fourth-order valence-electron chi connectivity index (χ4n) is 3.25. The molecule has 9 heteroatoms. The predicted molar refractivity (Wildman–Crippen MR) is 98.3 cm³/mol. The topological polar surface area (TPSA) is 95.4 Å². The van der Waals surface area contributed by atoms with Crippen molar-refractivity contribution in [3.8, 4) is 0 Å². The summed E-state index contributed by atoms with van der Waals surface area (Å²) in [4.78, 5) is 28.1. The summed E-state index contributed by atoms with van der Waals surface area (Å²) in [7, 11) is 1.76. The van der Waals surface area contributed by atoms with E-state index in [4.69, 9.17) is 0 Å². The van der Waals surface area contributed by atoms with E-state index in [1.807, 2.05) is 13.8 Å². The molecule has 0 radical (unpaired) electrons. The second kappa shape index (κ2) is 9.63. The normalized spacial score (nSPS) is 19.5. The summed E-state index contributed by atoms with van der Waals surface area (Å²) in [6, 6.07) is 0.681. The van der Waals surface area contributed by atoms with Gasteiger partial charge in [-0.05, 0) is 26.7 Å². The lowest BCUT2D eigenvalue weighted by molar-refractivity contribution is -0.131. The van der Waals surface area contributed by atoms with Crippen LogP contribution in [0.25, 0.3) is 0 Å². The van der Waals surface area contributed by atoms with Gasteiger partial charge in [0.2, 0.25) is 5.91 Å². The van der Waals surface area contributed by atoms with Gasteiger partial charge in [-0.3, -0.25) is 20.4 Å². The lowest BCUT2D eigenvalue weighted by Gasteiger charge is -2.20. The summed E-state index contributed by atoms with van der Waals surface area (Å²) < 4.78 is 1.42. The van der Waals surface area contributed by atoms with Crippen molar-refractivity contribution in [1.29, 1.82) is 0 Å². The molecule has 1 aromatic heterocycles. The molecule has 146 valence electrons. The number of amides is 2. The van der Waals surface area contributed by atoms with Crippen molar-refractivity contribution < 1.29 is 9.59 Å². The predicted octanol–water partition coefficient (Wildman–Crippen LogP) is 0.254. The quantitative estimate of drug-likeness (QED) is 0.652. The summed E-state index contributed by atoms with van der Waals surface area (Å²) in [6.45, 7) is 8.03. The van der Waals surface area contributed by atoms with Crippen LogP contribution < -0.4 is 10.9 Å². The highest BCUT2D eigenvalue weighted by molar-refractivity contribution is 5.91. The van der Waals surface area contributed by atoms with Crippen molar-refractivity contribution in [3.05, 3.63) is 11.9 Å². The first-order valence-electron chi connectivity index (χ1n) is 9.42. The Labute approximate surface area is 155 Å². The molecule has 0 saturated carbocycles. The molecule has 0 aliphatic carbocycles. The SMILES string of the molecule is CCCC1CC(CN(C)C(=O)c2cn(CC(=O)N(CC)CC)nn2)NN1. The number of carbonyl (C=O) groups is 2. The summed E-state index contributed by atoms with van der Waals surface area (Å²) in [6.07, 6.45) is 4.79. The molecule has 2 rings (SSSR count). The van der Waals surface area contributed by atoms with Gasteiger partial charge in [0.15, 0.2) is 5.69 Å². The van der Waals surface area contributed by atoms with Gasteiger partial charge in [-0.2, -0.15) is 0 Å². The first-order chi connectivity index (χ1) is 12.5. The molecule has 1 aliphatic heterocycles. The van der Waals surface area contributed by atoms with E-state index >= 15 is 0 Å². The summed E-state index contributed by atoms with van der Waals surface area (Å²) in [5.41, 5.74) is 6.79. The fourth-order valence-corrected chi connectivity index (χ4v) is 3.25. The van der Waals surface area contributed by atoms with E-state index < -0.39 is 0 Å². The van der Waals surface area contributed by atoms with Gasteiger partial charge in [0.25, 0.3) is 5.91 Å².